The molecule has 1 saturated heterocycles. The molecule has 3 aromatic carbocycles. The highest BCUT2D eigenvalue weighted by Crippen LogP contribution is 2.41. The van der Waals surface area contributed by atoms with Crippen LogP contribution < -0.4 is 0 Å². The van der Waals surface area contributed by atoms with Crippen LogP contribution in [0.15, 0.2) is 42.5 Å². The predicted molar refractivity (Wildman–Crippen MR) is 80.2 cm³/mol. The zero-order valence-electron chi connectivity index (χ0n) is 11.2. The highest BCUT2D eigenvalue weighted by Gasteiger charge is 2.31. The number of ether oxygens (including phenoxy) is 1. The molecule has 0 bridgehead atoms. The fourth-order valence-electron chi connectivity index (χ4n) is 2.82. The minimum atomic E-state index is -4.36. The van der Waals surface area contributed by atoms with E-state index in [2.05, 4.69) is 0 Å². The molecular weight excluding hydrogens is 313 g/mol. The lowest BCUT2D eigenvalue weighted by Crippen LogP contribution is -2.04. The van der Waals surface area contributed by atoms with Gasteiger partial charge in [0.25, 0.3) is 0 Å². The second kappa shape index (κ2) is 4.61. The molecule has 5 heteroatoms. The Morgan fingerprint density at radius 2 is 1.73 bits per heavy atom. The Kier molecular flexibility index (Phi) is 2.90. The van der Waals surface area contributed by atoms with Gasteiger partial charge < -0.3 is 4.74 Å². The standard InChI is InChI=1S/C17H10ClF3O/c18-11-3-4-12-14(7-11)13-6-10(17(19,20)21)2-1-9(13)5-15(12)16-8-22-16/h1-7,16H,8H2/t16-/m1/s1. The third-order valence-electron chi connectivity index (χ3n) is 3.95. The summed E-state index contributed by atoms with van der Waals surface area (Å²) in [5.74, 6) is 0. The molecule has 1 heterocycles. The fraction of sp³-hybridized carbons (Fsp3) is 0.176. The summed E-state index contributed by atoms with van der Waals surface area (Å²) in [5, 5.41) is 3.42. The SMILES string of the molecule is FC(F)(F)c1ccc2cc([C@H]3CO3)c3ccc(Cl)cc3c2c1. The van der Waals surface area contributed by atoms with Crippen LogP contribution >= 0.6 is 11.6 Å². The molecule has 112 valence electrons. The molecule has 1 nitrogen and oxygen atoms in total. The molecule has 4 rings (SSSR count). The minimum Gasteiger partial charge on any atom is -0.368 e. The molecule has 0 amide bonds. The van der Waals surface area contributed by atoms with Crippen molar-refractivity contribution in [3.63, 3.8) is 0 Å². The maximum atomic E-state index is 13.0. The van der Waals surface area contributed by atoms with Crippen LogP contribution in [0.2, 0.25) is 5.02 Å². The largest absolute Gasteiger partial charge is 0.416 e. The van der Waals surface area contributed by atoms with E-state index in [1.807, 2.05) is 12.1 Å². The van der Waals surface area contributed by atoms with Crippen LogP contribution in [0.3, 0.4) is 0 Å². The molecule has 1 aliphatic rings. The summed E-state index contributed by atoms with van der Waals surface area (Å²) in [6.07, 6.45) is -4.34. The molecule has 0 spiro atoms. The van der Waals surface area contributed by atoms with Crippen molar-refractivity contribution >= 4 is 33.1 Å². The van der Waals surface area contributed by atoms with Gasteiger partial charge in [0.1, 0.15) is 6.10 Å². The second-order valence-corrected chi connectivity index (χ2v) is 5.85. The molecule has 1 aliphatic heterocycles. The summed E-state index contributed by atoms with van der Waals surface area (Å²) >= 11 is 6.04. The Labute approximate surface area is 129 Å². The van der Waals surface area contributed by atoms with Crippen LogP contribution in [0.1, 0.15) is 17.2 Å². The fourth-order valence-corrected chi connectivity index (χ4v) is 2.99. The first-order valence-electron chi connectivity index (χ1n) is 6.78. The number of epoxide rings is 1. The van der Waals surface area contributed by atoms with Gasteiger partial charge in [0.15, 0.2) is 0 Å². The molecule has 0 unspecified atom stereocenters. The van der Waals surface area contributed by atoms with Gasteiger partial charge in [-0.2, -0.15) is 13.2 Å². The molecule has 0 saturated carbocycles. The zero-order chi connectivity index (χ0) is 15.5. The van der Waals surface area contributed by atoms with Gasteiger partial charge in [0.05, 0.1) is 12.2 Å². The Morgan fingerprint density at radius 1 is 0.955 bits per heavy atom. The Bertz CT molecular complexity index is 898. The van der Waals surface area contributed by atoms with Crippen molar-refractivity contribution in [1.29, 1.82) is 0 Å². The van der Waals surface area contributed by atoms with Crippen molar-refractivity contribution in [2.45, 2.75) is 12.3 Å². The third kappa shape index (κ3) is 2.23. The van der Waals surface area contributed by atoms with Crippen LogP contribution in [0.5, 0.6) is 0 Å². The van der Waals surface area contributed by atoms with E-state index in [0.29, 0.717) is 17.0 Å². The van der Waals surface area contributed by atoms with Crippen LogP contribution in [0, 0.1) is 0 Å². The highest BCUT2D eigenvalue weighted by molar-refractivity contribution is 6.32. The number of rotatable bonds is 1. The minimum absolute atomic E-state index is 0.0235. The van der Waals surface area contributed by atoms with Gasteiger partial charge in [0, 0.05) is 5.02 Å². The third-order valence-corrected chi connectivity index (χ3v) is 4.19. The molecule has 3 aromatic rings. The Morgan fingerprint density at radius 3 is 2.41 bits per heavy atom. The molecular formula is C17H10ClF3O. The van der Waals surface area contributed by atoms with Gasteiger partial charge in [-0.15, -0.1) is 0 Å². The number of halogens is 4. The van der Waals surface area contributed by atoms with Gasteiger partial charge in [-0.3, -0.25) is 0 Å². The number of alkyl halides is 3. The van der Waals surface area contributed by atoms with Gasteiger partial charge >= 0.3 is 6.18 Å². The van der Waals surface area contributed by atoms with Crippen molar-refractivity contribution in [3.8, 4) is 0 Å². The lowest BCUT2D eigenvalue weighted by atomic mass is 9.94. The van der Waals surface area contributed by atoms with Crippen molar-refractivity contribution in [3.05, 3.63) is 58.6 Å². The van der Waals surface area contributed by atoms with Crippen LogP contribution in [-0.2, 0) is 10.9 Å². The number of hydrogen-bond donors (Lipinski definition) is 0. The van der Waals surface area contributed by atoms with E-state index in [9.17, 15) is 13.2 Å². The van der Waals surface area contributed by atoms with E-state index in [1.165, 1.54) is 12.1 Å². The molecule has 0 N–H and O–H groups in total. The van der Waals surface area contributed by atoms with E-state index >= 15 is 0 Å². The van der Waals surface area contributed by atoms with Crippen LogP contribution in [0.4, 0.5) is 13.2 Å². The average Bonchev–Trinajstić information content (AvgIpc) is 3.29. The zero-order valence-corrected chi connectivity index (χ0v) is 12.0. The van der Waals surface area contributed by atoms with Gasteiger partial charge in [-0.1, -0.05) is 23.7 Å². The summed E-state index contributed by atoms with van der Waals surface area (Å²) in [6.45, 7) is 0.643. The van der Waals surface area contributed by atoms with Gasteiger partial charge in [0.2, 0.25) is 0 Å². The van der Waals surface area contributed by atoms with E-state index in [1.54, 1.807) is 12.1 Å². The monoisotopic (exact) mass is 322 g/mol. The summed E-state index contributed by atoms with van der Waals surface area (Å²) < 4.78 is 44.2. The molecule has 1 atom stereocenters. The number of hydrogen-bond acceptors (Lipinski definition) is 1. The quantitative estimate of drug-likeness (QED) is 0.411. The summed E-state index contributed by atoms with van der Waals surface area (Å²) in [7, 11) is 0. The van der Waals surface area contributed by atoms with Gasteiger partial charge in [-0.25, -0.2) is 0 Å². The smallest absolute Gasteiger partial charge is 0.368 e. The van der Waals surface area contributed by atoms with E-state index in [-0.39, 0.29) is 6.10 Å². The maximum Gasteiger partial charge on any atom is 0.416 e. The van der Waals surface area contributed by atoms with Crippen molar-refractivity contribution in [2.24, 2.45) is 0 Å². The summed E-state index contributed by atoms with van der Waals surface area (Å²) in [6, 6.07) is 11.0. The first kappa shape index (κ1) is 13.9. The summed E-state index contributed by atoms with van der Waals surface area (Å²) in [5.41, 5.74) is 0.343. The van der Waals surface area contributed by atoms with E-state index in [4.69, 9.17) is 16.3 Å². The predicted octanol–water partition coefficient (Wildman–Crippen LogP) is 5.74. The van der Waals surface area contributed by atoms with E-state index in [0.717, 1.165) is 27.8 Å². The number of fused-ring (bicyclic) bond motifs is 3. The lowest BCUT2D eigenvalue weighted by molar-refractivity contribution is -0.137. The van der Waals surface area contributed by atoms with Crippen molar-refractivity contribution in [1.82, 2.24) is 0 Å². The van der Waals surface area contributed by atoms with Crippen LogP contribution in [-0.4, -0.2) is 6.61 Å². The first-order valence-corrected chi connectivity index (χ1v) is 7.16. The topological polar surface area (TPSA) is 12.5 Å². The average molecular weight is 323 g/mol. The molecule has 0 radical (unpaired) electrons. The van der Waals surface area contributed by atoms with E-state index < -0.39 is 11.7 Å². The van der Waals surface area contributed by atoms with Crippen molar-refractivity contribution in [2.75, 3.05) is 6.61 Å². The molecule has 0 aliphatic carbocycles. The molecule has 1 fully saturated rings. The maximum absolute atomic E-state index is 13.0. The lowest BCUT2D eigenvalue weighted by Gasteiger charge is -2.12. The summed E-state index contributed by atoms with van der Waals surface area (Å²) in [4.78, 5) is 0. The first-order chi connectivity index (χ1) is 10.4. The van der Waals surface area contributed by atoms with Crippen molar-refractivity contribution < 1.29 is 17.9 Å². The second-order valence-electron chi connectivity index (χ2n) is 5.41. The number of benzene rings is 3. The highest BCUT2D eigenvalue weighted by atomic mass is 35.5. The normalized spacial score (nSPS) is 18.1. The Balaban J connectivity index is 2.10. The van der Waals surface area contributed by atoms with Gasteiger partial charge in [-0.05, 0) is 57.4 Å². The molecule has 22 heavy (non-hydrogen) atoms. The van der Waals surface area contributed by atoms with Crippen LogP contribution in [0.25, 0.3) is 21.5 Å². The molecule has 0 aromatic heterocycles. The Hall–Kier alpha value is -1.78.